The van der Waals surface area contributed by atoms with Crippen molar-refractivity contribution < 1.29 is 4.74 Å². The smallest absolute Gasteiger partial charge is 0.212 e. The Morgan fingerprint density at radius 1 is 1.14 bits per heavy atom. The maximum Gasteiger partial charge on any atom is 0.212 e. The van der Waals surface area contributed by atoms with E-state index in [9.17, 15) is 0 Å². The quantitative estimate of drug-likeness (QED) is 0.715. The molecular weight excluding hydrogens is 260 g/mol. The van der Waals surface area contributed by atoms with Crippen LogP contribution in [-0.4, -0.2) is 16.7 Å². The number of hydrogen-bond donors (Lipinski definition) is 0. The van der Waals surface area contributed by atoms with Gasteiger partial charge in [0.2, 0.25) is 5.88 Å². The molecule has 2 heterocycles. The third-order valence-electron chi connectivity index (χ3n) is 4.11. The minimum Gasteiger partial charge on any atom is -0.481 e. The summed E-state index contributed by atoms with van der Waals surface area (Å²) in [7, 11) is 1.64. The highest BCUT2D eigenvalue weighted by atomic mass is 16.5. The van der Waals surface area contributed by atoms with Gasteiger partial charge < -0.3 is 9.30 Å². The first-order valence-electron chi connectivity index (χ1n) is 7.31. The van der Waals surface area contributed by atoms with Gasteiger partial charge in [-0.1, -0.05) is 25.1 Å². The third kappa shape index (κ3) is 2.51. The Balaban J connectivity index is 1.97. The normalized spacial score (nSPS) is 12.5. The van der Waals surface area contributed by atoms with Crippen LogP contribution in [0.15, 0.2) is 48.8 Å². The van der Waals surface area contributed by atoms with E-state index in [1.165, 1.54) is 22.0 Å². The van der Waals surface area contributed by atoms with Crippen molar-refractivity contribution in [2.75, 3.05) is 7.11 Å². The zero-order valence-electron chi connectivity index (χ0n) is 12.7. The van der Waals surface area contributed by atoms with E-state index in [-0.39, 0.29) is 0 Å². The Morgan fingerprint density at radius 2 is 1.95 bits per heavy atom. The molecule has 3 rings (SSSR count). The summed E-state index contributed by atoms with van der Waals surface area (Å²) < 4.78 is 7.39. The second-order valence-corrected chi connectivity index (χ2v) is 5.28. The lowest BCUT2D eigenvalue weighted by atomic mass is 9.94. The number of benzene rings is 1. The molecule has 0 aliphatic carbocycles. The number of pyridine rings is 1. The van der Waals surface area contributed by atoms with Gasteiger partial charge >= 0.3 is 0 Å². The van der Waals surface area contributed by atoms with E-state index < -0.39 is 0 Å². The van der Waals surface area contributed by atoms with Crippen molar-refractivity contribution in [3.8, 4) is 5.88 Å². The average Bonchev–Trinajstić information content (AvgIpc) is 2.96. The van der Waals surface area contributed by atoms with Gasteiger partial charge in [-0.05, 0) is 35.6 Å². The van der Waals surface area contributed by atoms with Crippen LogP contribution in [0.5, 0.6) is 5.88 Å². The van der Waals surface area contributed by atoms with Gasteiger partial charge in [0.05, 0.1) is 7.11 Å². The molecule has 0 aliphatic rings. The maximum absolute atomic E-state index is 5.12. The Kier molecular flexibility index (Phi) is 3.65. The summed E-state index contributed by atoms with van der Waals surface area (Å²) in [4.78, 5) is 4.30. The topological polar surface area (TPSA) is 27.1 Å². The number of nitrogens with zero attached hydrogens (tertiary/aromatic N) is 2. The van der Waals surface area contributed by atoms with E-state index in [1.54, 1.807) is 7.11 Å². The van der Waals surface area contributed by atoms with Crippen LogP contribution in [0.4, 0.5) is 0 Å². The van der Waals surface area contributed by atoms with E-state index in [0.717, 1.165) is 6.54 Å². The summed E-state index contributed by atoms with van der Waals surface area (Å²) in [5.74, 6) is 0.967. The molecule has 0 radical (unpaired) electrons. The van der Waals surface area contributed by atoms with E-state index in [1.807, 2.05) is 12.3 Å². The van der Waals surface area contributed by atoms with Crippen LogP contribution in [0.3, 0.4) is 0 Å². The molecule has 1 atom stereocenters. The highest BCUT2D eigenvalue weighted by molar-refractivity contribution is 5.81. The minimum atomic E-state index is 0.313. The van der Waals surface area contributed by atoms with Crippen molar-refractivity contribution in [3.05, 3.63) is 59.9 Å². The first-order valence-corrected chi connectivity index (χ1v) is 7.31. The molecule has 0 bridgehead atoms. The number of methoxy groups -OCH3 is 1. The first kappa shape index (κ1) is 13.7. The first-order chi connectivity index (χ1) is 10.2. The summed E-state index contributed by atoms with van der Waals surface area (Å²) >= 11 is 0. The molecule has 0 spiro atoms. The van der Waals surface area contributed by atoms with E-state index in [2.05, 4.69) is 59.9 Å². The Hall–Kier alpha value is -2.29. The number of rotatable bonds is 4. The van der Waals surface area contributed by atoms with Gasteiger partial charge in [0.1, 0.15) is 0 Å². The molecule has 3 aromatic rings. The zero-order valence-corrected chi connectivity index (χ0v) is 12.7. The molecule has 3 nitrogen and oxygen atoms in total. The summed E-state index contributed by atoms with van der Waals surface area (Å²) in [6.45, 7) is 5.37. The molecule has 2 aromatic heterocycles. The van der Waals surface area contributed by atoms with E-state index >= 15 is 0 Å². The number of aromatic nitrogens is 2. The fourth-order valence-electron chi connectivity index (χ4n) is 2.71. The molecule has 21 heavy (non-hydrogen) atoms. The van der Waals surface area contributed by atoms with Crippen molar-refractivity contribution in [1.82, 2.24) is 9.55 Å². The van der Waals surface area contributed by atoms with Gasteiger partial charge in [0.25, 0.3) is 0 Å². The van der Waals surface area contributed by atoms with E-state index in [0.29, 0.717) is 11.8 Å². The van der Waals surface area contributed by atoms with Gasteiger partial charge in [-0.15, -0.1) is 0 Å². The monoisotopic (exact) mass is 280 g/mol. The summed E-state index contributed by atoms with van der Waals surface area (Å²) in [5, 5.41) is 1.29. The predicted molar refractivity (Wildman–Crippen MR) is 85.9 cm³/mol. The number of hydrogen-bond acceptors (Lipinski definition) is 2. The molecule has 0 aliphatic heterocycles. The number of aryl methyl sites for hydroxylation is 1. The summed E-state index contributed by atoms with van der Waals surface area (Å²) in [6.07, 6.45) is 4.04. The van der Waals surface area contributed by atoms with Crippen molar-refractivity contribution in [2.45, 2.75) is 26.3 Å². The molecule has 1 aromatic carbocycles. The lowest BCUT2D eigenvalue weighted by Gasteiger charge is -2.13. The van der Waals surface area contributed by atoms with Gasteiger partial charge in [-0.3, -0.25) is 0 Å². The van der Waals surface area contributed by atoms with Gasteiger partial charge in [0, 0.05) is 36.4 Å². The van der Waals surface area contributed by atoms with Crippen molar-refractivity contribution in [1.29, 1.82) is 0 Å². The predicted octanol–water partition coefficient (Wildman–Crippen LogP) is 4.22. The molecular formula is C18H20N2O. The van der Waals surface area contributed by atoms with Gasteiger partial charge in [0.15, 0.2) is 0 Å². The molecule has 0 saturated heterocycles. The molecule has 0 fully saturated rings. The van der Waals surface area contributed by atoms with Crippen LogP contribution in [0.2, 0.25) is 0 Å². The molecule has 108 valence electrons. The Bertz CT molecular complexity index is 744. The standard InChI is InChI=1S/C18H20N2O/c1-4-20-10-9-14-5-6-15(11-17(14)20)13(2)16-7-8-18(21-3)19-12-16/h5-13H,4H2,1-3H3. The molecule has 0 N–H and O–H groups in total. The molecule has 3 heteroatoms. The Morgan fingerprint density at radius 3 is 2.62 bits per heavy atom. The highest BCUT2D eigenvalue weighted by Gasteiger charge is 2.11. The zero-order chi connectivity index (χ0) is 14.8. The number of fused-ring (bicyclic) bond motifs is 1. The fourth-order valence-corrected chi connectivity index (χ4v) is 2.71. The lowest BCUT2D eigenvalue weighted by Crippen LogP contribution is -1.99. The van der Waals surface area contributed by atoms with Crippen LogP contribution in [0, 0.1) is 0 Å². The molecule has 1 unspecified atom stereocenters. The van der Waals surface area contributed by atoms with Crippen LogP contribution >= 0.6 is 0 Å². The second kappa shape index (κ2) is 5.60. The minimum absolute atomic E-state index is 0.313. The van der Waals surface area contributed by atoms with Crippen LogP contribution in [0.1, 0.15) is 30.9 Å². The van der Waals surface area contributed by atoms with Gasteiger partial charge in [-0.25, -0.2) is 4.98 Å². The summed E-state index contributed by atoms with van der Waals surface area (Å²) in [6, 6.07) is 12.9. The van der Waals surface area contributed by atoms with Crippen LogP contribution in [0.25, 0.3) is 10.9 Å². The van der Waals surface area contributed by atoms with Crippen molar-refractivity contribution in [2.24, 2.45) is 0 Å². The SMILES string of the molecule is CCn1ccc2ccc(C(C)c3ccc(OC)nc3)cc21. The van der Waals surface area contributed by atoms with Crippen LogP contribution < -0.4 is 4.74 Å². The molecule has 0 saturated carbocycles. The van der Waals surface area contributed by atoms with Crippen LogP contribution in [-0.2, 0) is 6.54 Å². The van der Waals surface area contributed by atoms with Crippen molar-refractivity contribution in [3.63, 3.8) is 0 Å². The van der Waals surface area contributed by atoms with Crippen molar-refractivity contribution >= 4 is 10.9 Å². The second-order valence-electron chi connectivity index (χ2n) is 5.28. The highest BCUT2D eigenvalue weighted by Crippen LogP contribution is 2.28. The fraction of sp³-hybridized carbons (Fsp3) is 0.278. The average molecular weight is 280 g/mol. The molecule has 0 amide bonds. The summed E-state index contributed by atoms with van der Waals surface area (Å²) in [5.41, 5.74) is 3.80. The lowest BCUT2D eigenvalue weighted by molar-refractivity contribution is 0.397. The Labute approximate surface area is 125 Å². The largest absolute Gasteiger partial charge is 0.481 e. The maximum atomic E-state index is 5.12. The third-order valence-corrected chi connectivity index (χ3v) is 4.11. The number of ether oxygens (including phenoxy) is 1. The van der Waals surface area contributed by atoms with Gasteiger partial charge in [-0.2, -0.15) is 0 Å². The van der Waals surface area contributed by atoms with E-state index in [4.69, 9.17) is 4.74 Å².